The molecule has 0 saturated carbocycles. The van der Waals surface area contributed by atoms with Gasteiger partial charge in [-0.15, -0.1) is 0 Å². The Morgan fingerprint density at radius 3 is 2.18 bits per heavy atom. The second kappa shape index (κ2) is 14.2. The number of rotatable bonds is 5. The quantitative estimate of drug-likeness (QED) is 0.452. The third kappa shape index (κ3) is 10.8. The minimum absolute atomic E-state index is 0.0135. The number of aromatic nitrogens is 1. The Balaban J connectivity index is 0.000000317. The highest BCUT2D eigenvalue weighted by molar-refractivity contribution is 7.07. The van der Waals surface area contributed by atoms with Crippen LogP contribution >= 0.6 is 11.3 Å². The topological polar surface area (TPSA) is 129 Å². The lowest BCUT2D eigenvalue weighted by Crippen LogP contribution is -2.47. The number of pyridine rings is 1. The molecule has 1 amide bonds. The third-order valence-electron chi connectivity index (χ3n) is 5.58. The molecule has 2 aromatic rings. The maximum absolute atomic E-state index is 12.4. The maximum atomic E-state index is 12.4. The zero-order chi connectivity index (χ0) is 29.2. The Morgan fingerprint density at radius 2 is 1.67 bits per heavy atom. The number of carboxylic acid groups (broad SMARTS) is 2. The predicted molar refractivity (Wildman–Crippen MR) is 124 cm³/mol. The highest BCUT2D eigenvalue weighted by Crippen LogP contribution is 2.32. The van der Waals surface area contributed by atoms with Gasteiger partial charge in [0.1, 0.15) is 6.10 Å². The summed E-state index contributed by atoms with van der Waals surface area (Å²) >= 11 is 1.74. The molecule has 0 radical (unpaired) electrons. The number of hydrogen-bond acceptors (Lipinski definition) is 7. The Kier molecular flexibility index (Phi) is 11.7. The molecule has 2 saturated heterocycles. The van der Waals surface area contributed by atoms with Crippen LogP contribution in [-0.4, -0.2) is 75.1 Å². The molecule has 4 rings (SSSR count). The molecule has 2 aliphatic rings. The summed E-state index contributed by atoms with van der Waals surface area (Å²) in [5.74, 6) is -5.53. The van der Waals surface area contributed by atoms with Gasteiger partial charge < -0.3 is 20.3 Å². The zero-order valence-electron chi connectivity index (χ0n) is 20.1. The fourth-order valence-electron chi connectivity index (χ4n) is 3.82. The van der Waals surface area contributed by atoms with Gasteiger partial charge >= 0.3 is 24.3 Å². The Bertz CT molecular complexity index is 1040. The summed E-state index contributed by atoms with van der Waals surface area (Å²) in [4.78, 5) is 37.0. The Morgan fingerprint density at radius 1 is 1.03 bits per heavy atom. The lowest BCUT2D eigenvalue weighted by atomic mass is 9.98. The van der Waals surface area contributed by atoms with Crippen molar-refractivity contribution < 1.29 is 55.7 Å². The number of carbonyl (C=O) groups is 3. The molecule has 0 bridgehead atoms. The van der Waals surface area contributed by atoms with Gasteiger partial charge in [-0.25, -0.2) is 9.59 Å². The third-order valence-corrected chi connectivity index (χ3v) is 6.31. The van der Waals surface area contributed by atoms with Crippen molar-refractivity contribution in [3.05, 3.63) is 52.5 Å². The molecular formula is C23H25F6N3O6S. The Hall–Kier alpha value is -3.24. The summed E-state index contributed by atoms with van der Waals surface area (Å²) in [5, 5.41) is 21.5. The van der Waals surface area contributed by atoms with E-state index in [1.165, 1.54) is 5.56 Å². The number of halogens is 6. The highest BCUT2D eigenvalue weighted by Gasteiger charge is 2.41. The second-order valence-corrected chi connectivity index (χ2v) is 9.12. The van der Waals surface area contributed by atoms with E-state index in [1.54, 1.807) is 17.5 Å². The van der Waals surface area contributed by atoms with Crippen LogP contribution in [0.3, 0.4) is 0 Å². The number of fused-ring (bicyclic) bond motifs is 1. The van der Waals surface area contributed by atoms with Crippen molar-refractivity contribution in [3.63, 3.8) is 0 Å². The lowest BCUT2D eigenvalue weighted by molar-refractivity contribution is -0.193. The molecule has 0 aromatic carbocycles. The van der Waals surface area contributed by atoms with Crippen LogP contribution in [0.1, 0.15) is 30.5 Å². The molecule has 0 spiro atoms. The number of ether oxygens (including phenoxy) is 1. The molecule has 9 nitrogen and oxygen atoms in total. The SMILES string of the molecule is O=C(NCc1ccccn1)[C@@H]1CC[C@@H]2[C@@H](CCN2Cc2ccsc2)O1.O=C(O)C(F)(F)F.O=C(O)C(F)(F)F. The van der Waals surface area contributed by atoms with E-state index in [2.05, 4.69) is 32.0 Å². The van der Waals surface area contributed by atoms with Gasteiger partial charge in [0, 0.05) is 25.3 Å². The highest BCUT2D eigenvalue weighted by atomic mass is 32.1. The van der Waals surface area contributed by atoms with Crippen molar-refractivity contribution in [1.82, 2.24) is 15.2 Å². The van der Waals surface area contributed by atoms with Gasteiger partial charge in [-0.1, -0.05) is 6.07 Å². The van der Waals surface area contributed by atoms with Crippen molar-refractivity contribution in [2.45, 2.75) is 63.0 Å². The van der Waals surface area contributed by atoms with E-state index in [-0.39, 0.29) is 18.1 Å². The van der Waals surface area contributed by atoms with Crippen LogP contribution in [0.2, 0.25) is 0 Å². The van der Waals surface area contributed by atoms with Gasteiger partial charge in [0.05, 0.1) is 18.3 Å². The van der Waals surface area contributed by atoms with E-state index in [0.717, 1.165) is 38.0 Å². The van der Waals surface area contributed by atoms with Gasteiger partial charge in [0.2, 0.25) is 5.91 Å². The van der Waals surface area contributed by atoms with E-state index in [9.17, 15) is 31.1 Å². The molecule has 0 unspecified atom stereocenters. The van der Waals surface area contributed by atoms with E-state index >= 15 is 0 Å². The van der Waals surface area contributed by atoms with Crippen LogP contribution in [0.15, 0.2) is 41.2 Å². The first-order valence-corrected chi connectivity index (χ1v) is 12.3. The monoisotopic (exact) mass is 585 g/mol. The number of nitrogens with zero attached hydrogens (tertiary/aromatic N) is 2. The average Bonchev–Trinajstić information content (AvgIpc) is 3.53. The van der Waals surface area contributed by atoms with Crippen LogP contribution in [0.5, 0.6) is 0 Å². The number of likely N-dealkylation sites (tertiary alicyclic amines) is 1. The average molecular weight is 586 g/mol. The summed E-state index contributed by atoms with van der Waals surface area (Å²) in [6, 6.07) is 8.35. The van der Waals surface area contributed by atoms with Gasteiger partial charge in [0.25, 0.3) is 0 Å². The summed E-state index contributed by atoms with van der Waals surface area (Å²) in [6.45, 7) is 2.50. The van der Waals surface area contributed by atoms with Gasteiger partial charge in [-0.2, -0.15) is 37.7 Å². The molecule has 0 aliphatic carbocycles. The minimum Gasteiger partial charge on any atom is -0.475 e. The van der Waals surface area contributed by atoms with Gasteiger partial charge in [-0.3, -0.25) is 14.7 Å². The van der Waals surface area contributed by atoms with Crippen molar-refractivity contribution in [2.75, 3.05) is 6.54 Å². The fraction of sp³-hybridized carbons (Fsp3) is 0.478. The molecular weight excluding hydrogens is 560 g/mol. The van der Waals surface area contributed by atoms with Crippen LogP contribution in [0, 0.1) is 0 Å². The molecule has 2 aliphatic heterocycles. The minimum atomic E-state index is -5.08. The number of hydrogen-bond donors (Lipinski definition) is 3. The molecule has 3 atom stereocenters. The standard InChI is InChI=1S/C19H23N3O2S.2C2HF3O2/c23-19(21-11-15-3-1-2-8-20-15)18-5-4-16-17(24-18)6-9-22(16)12-14-7-10-25-13-14;2*3-2(4,5)1(6)7/h1-3,7-8,10,13,16-18H,4-6,9,11-12H2,(H,21,23);2*(H,6,7)/t16-,17-,18+;;/m1../s1. The first kappa shape index (κ1) is 32.0. The van der Waals surface area contributed by atoms with Crippen LogP contribution in [0.4, 0.5) is 26.3 Å². The summed E-state index contributed by atoms with van der Waals surface area (Å²) in [6.07, 6.45) is -5.75. The number of carboxylic acids is 2. The van der Waals surface area contributed by atoms with E-state index in [0.29, 0.717) is 12.6 Å². The van der Waals surface area contributed by atoms with Crippen molar-refractivity contribution in [2.24, 2.45) is 0 Å². The first-order valence-electron chi connectivity index (χ1n) is 11.4. The van der Waals surface area contributed by atoms with Crippen LogP contribution in [-0.2, 0) is 32.2 Å². The maximum Gasteiger partial charge on any atom is 0.490 e. The number of thiophene rings is 1. The van der Waals surface area contributed by atoms with Crippen LogP contribution in [0.25, 0.3) is 0 Å². The summed E-state index contributed by atoms with van der Waals surface area (Å²) in [7, 11) is 0. The summed E-state index contributed by atoms with van der Waals surface area (Å²) < 4.78 is 69.6. The number of amides is 1. The summed E-state index contributed by atoms with van der Waals surface area (Å²) in [5.41, 5.74) is 2.24. The molecule has 3 N–H and O–H groups in total. The van der Waals surface area contributed by atoms with Crippen molar-refractivity contribution in [3.8, 4) is 0 Å². The van der Waals surface area contributed by atoms with Gasteiger partial charge in [0.15, 0.2) is 0 Å². The van der Waals surface area contributed by atoms with E-state index in [4.69, 9.17) is 24.5 Å². The smallest absolute Gasteiger partial charge is 0.475 e. The van der Waals surface area contributed by atoms with E-state index in [1.807, 2.05) is 18.2 Å². The molecule has 2 fully saturated rings. The normalized spacial score (nSPS) is 20.9. The van der Waals surface area contributed by atoms with E-state index < -0.39 is 24.3 Å². The van der Waals surface area contributed by atoms with Gasteiger partial charge in [-0.05, 0) is 53.8 Å². The number of alkyl halides is 6. The van der Waals surface area contributed by atoms with Crippen molar-refractivity contribution in [1.29, 1.82) is 0 Å². The number of nitrogens with one attached hydrogen (secondary N) is 1. The first-order chi connectivity index (χ1) is 18.2. The predicted octanol–water partition coefficient (Wildman–Crippen LogP) is 3.85. The zero-order valence-corrected chi connectivity index (χ0v) is 20.9. The Labute approximate surface area is 222 Å². The molecule has 2 aromatic heterocycles. The number of aliphatic carboxylic acids is 2. The van der Waals surface area contributed by atoms with Crippen LogP contribution < -0.4 is 5.32 Å². The number of carbonyl (C=O) groups excluding carboxylic acids is 1. The lowest BCUT2D eigenvalue weighted by Gasteiger charge is -2.35. The molecule has 4 heterocycles. The fourth-order valence-corrected chi connectivity index (χ4v) is 4.48. The van der Waals surface area contributed by atoms with Crippen molar-refractivity contribution >= 4 is 29.2 Å². The molecule has 16 heteroatoms. The largest absolute Gasteiger partial charge is 0.490 e. The molecule has 216 valence electrons. The second-order valence-electron chi connectivity index (χ2n) is 8.34. The molecule has 39 heavy (non-hydrogen) atoms.